The number of halogens is 1. The minimum absolute atomic E-state index is 0.575. The molecule has 0 spiro atoms. The van der Waals surface area contributed by atoms with E-state index in [4.69, 9.17) is 11.6 Å². The molecule has 0 aliphatic heterocycles. The minimum atomic E-state index is 0.575. The minimum Gasteiger partial charge on any atom is -0.218 e. The molecule has 0 saturated heterocycles. The van der Waals surface area contributed by atoms with Crippen molar-refractivity contribution in [2.75, 3.05) is 0 Å². The van der Waals surface area contributed by atoms with Crippen molar-refractivity contribution in [3.63, 3.8) is 0 Å². The monoisotopic (exact) mass is 255 g/mol. The van der Waals surface area contributed by atoms with Crippen LogP contribution in [-0.4, -0.2) is 4.98 Å². The molecular weight excluding hydrogens is 246 g/mol. The zero-order valence-corrected chi connectivity index (χ0v) is 10.8. The van der Waals surface area contributed by atoms with Crippen LogP contribution in [0.15, 0.2) is 32.8 Å². The predicted octanol–water partition coefficient (Wildman–Crippen LogP) is 4.56. The quantitative estimate of drug-likeness (QED) is 0.780. The molecule has 15 heavy (non-hydrogen) atoms. The van der Waals surface area contributed by atoms with Crippen LogP contribution in [0.4, 0.5) is 0 Å². The summed E-state index contributed by atoms with van der Waals surface area (Å²) in [5.41, 5.74) is 2.62. The Balaban J connectivity index is 2.21. The van der Waals surface area contributed by atoms with Gasteiger partial charge in [0.25, 0.3) is 0 Å². The number of thiazole rings is 1. The molecule has 0 unspecified atom stereocenters. The summed E-state index contributed by atoms with van der Waals surface area (Å²) in [5, 5.41) is 2.43. The molecule has 0 aliphatic carbocycles. The molecule has 1 aromatic heterocycles. The van der Waals surface area contributed by atoms with Gasteiger partial charge in [0.15, 0.2) is 4.34 Å². The highest BCUT2D eigenvalue weighted by Gasteiger charge is 2.03. The van der Waals surface area contributed by atoms with Crippen molar-refractivity contribution in [1.82, 2.24) is 4.98 Å². The molecule has 2 aromatic rings. The Morgan fingerprint density at radius 2 is 2.07 bits per heavy atom. The molecule has 0 amide bonds. The van der Waals surface area contributed by atoms with Crippen molar-refractivity contribution in [3.8, 4) is 0 Å². The molecule has 0 aliphatic rings. The van der Waals surface area contributed by atoms with E-state index >= 15 is 0 Å². The van der Waals surface area contributed by atoms with Crippen molar-refractivity contribution in [2.45, 2.75) is 23.1 Å². The van der Waals surface area contributed by atoms with Crippen LogP contribution < -0.4 is 0 Å². The number of benzene rings is 1. The van der Waals surface area contributed by atoms with Crippen LogP contribution in [0.5, 0.6) is 0 Å². The second-order valence-corrected chi connectivity index (χ2v) is 5.85. The van der Waals surface area contributed by atoms with Gasteiger partial charge in [0.2, 0.25) is 0 Å². The predicted molar refractivity (Wildman–Crippen MR) is 67.2 cm³/mol. The van der Waals surface area contributed by atoms with E-state index in [1.807, 2.05) is 5.38 Å². The highest BCUT2D eigenvalue weighted by atomic mass is 35.5. The molecule has 0 atom stereocenters. The van der Waals surface area contributed by atoms with E-state index in [9.17, 15) is 0 Å². The first-order valence-corrected chi connectivity index (χ1v) is 6.59. The van der Waals surface area contributed by atoms with E-state index in [1.54, 1.807) is 23.1 Å². The Morgan fingerprint density at radius 1 is 1.27 bits per heavy atom. The van der Waals surface area contributed by atoms with Gasteiger partial charge in [-0.05, 0) is 37.1 Å². The summed E-state index contributed by atoms with van der Waals surface area (Å²) in [6.07, 6.45) is 0. The molecule has 78 valence electrons. The van der Waals surface area contributed by atoms with Crippen LogP contribution in [0, 0.1) is 13.8 Å². The number of hydrogen-bond donors (Lipinski definition) is 0. The smallest absolute Gasteiger partial charge is 0.156 e. The summed E-state index contributed by atoms with van der Waals surface area (Å²) in [4.78, 5) is 5.42. The normalized spacial score (nSPS) is 10.6. The molecule has 2 rings (SSSR count). The summed E-state index contributed by atoms with van der Waals surface area (Å²) in [6.45, 7) is 4.23. The van der Waals surface area contributed by atoms with Crippen molar-refractivity contribution < 1.29 is 0 Å². The van der Waals surface area contributed by atoms with Crippen LogP contribution in [0.1, 0.15) is 11.1 Å². The summed E-state index contributed by atoms with van der Waals surface area (Å²) >= 11 is 9.00. The van der Waals surface area contributed by atoms with E-state index in [0.717, 1.165) is 4.34 Å². The molecular formula is C11H10ClNS2. The number of hydrogen-bond acceptors (Lipinski definition) is 3. The lowest BCUT2D eigenvalue weighted by Crippen LogP contribution is -1.80. The number of nitrogens with zero attached hydrogens (tertiary/aromatic N) is 1. The fraction of sp³-hybridized carbons (Fsp3) is 0.182. The van der Waals surface area contributed by atoms with E-state index in [1.165, 1.54) is 16.0 Å². The van der Waals surface area contributed by atoms with Gasteiger partial charge >= 0.3 is 0 Å². The molecule has 0 N–H and O–H groups in total. The average molecular weight is 256 g/mol. The lowest BCUT2D eigenvalue weighted by molar-refractivity contribution is 1.23. The third kappa shape index (κ3) is 2.74. The Kier molecular flexibility index (Phi) is 3.34. The summed E-state index contributed by atoms with van der Waals surface area (Å²) in [6, 6.07) is 6.42. The average Bonchev–Trinajstić information content (AvgIpc) is 2.58. The summed E-state index contributed by atoms with van der Waals surface area (Å²) in [7, 11) is 0. The van der Waals surface area contributed by atoms with Crippen LogP contribution in [0.3, 0.4) is 0 Å². The maximum atomic E-state index is 5.77. The Labute approximate surface area is 103 Å². The van der Waals surface area contributed by atoms with E-state index in [-0.39, 0.29) is 0 Å². The molecule has 1 nitrogen and oxygen atoms in total. The van der Waals surface area contributed by atoms with Crippen LogP contribution >= 0.6 is 34.7 Å². The van der Waals surface area contributed by atoms with Gasteiger partial charge in [-0.3, -0.25) is 0 Å². The number of rotatable bonds is 2. The van der Waals surface area contributed by atoms with Crippen molar-refractivity contribution in [1.29, 1.82) is 0 Å². The number of aromatic nitrogens is 1. The summed E-state index contributed by atoms with van der Waals surface area (Å²) < 4.78 is 0.989. The van der Waals surface area contributed by atoms with Gasteiger partial charge < -0.3 is 0 Å². The molecule has 1 aromatic carbocycles. The highest BCUT2D eigenvalue weighted by molar-refractivity contribution is 8.01. The zero-order valence-electron chi connectivity index (χ0n) is 8.45. The Bertz CT molecular complexity index is 479. The lowest BCUT2D eigenvalue weighted by Gasteiger charge is -2.02. The van der Waals surface area contributed by atoms with Crippen LogP contribution in [-0.2, 0) is 0 Å². The van der Waals surface area contributed by atoms with Crippen molar-refractivity contribution >= 4 is 34.7 Å². The van der Waals surface area contributed by atoms with E-state index in [2.05, 4.69) is 37.0 Å². The van der Waals surface area contributed by atoms with E-state index in [0.29, 0.717) is 5.15 Å². The van der Waals surface area contributed by atoms with Gasteiger partial charge in [0.1, 0.15) is 5.15 Å². The summed E-state index contributed by atoms with van der Waals surface area (Å²) in [5.74, 6) is 0. The fourth-order valence-corrected chi connectivity index (χ4v) is 3.23. The first kappa shape index (κ1) is 11.0. The molecule has 0 saturated carbocycles. The van der Waals surface area contributed by atoms with Gasteiger partial charge in [-0.25, -0.2) is 4.98 Å². The van der Waals surface area contributed by atoms with Gasteiger partial charge in [-0.15, -0.1) is 11.3 Å². The SMILES string of the molecule is Cc1ccc(Sc2nc(Cl)cs2)cc1C. The van der Waals surface area contributed by atoms with Gasteiger partial charge in [-0.2, -0.15) is 0 Å². The van der Waals surface area contributed by atoms with Crippen LogP contribution in [0.25, 0.3) is 0 Å². The second kappa shape index (κ2) is 4.56. The van der Waals surface area contributed by atoms with Gasteiger partial charge in [-0.1, -0.05) is 29.4 Å². The second-order valence-electron chi connectivity index (χ2n) is 3.28. The Hall–Kier alpha value is -0.510. The lowest BCUT2D eigenvalue weighted by atomic mass is 10.1. The molecule has 0 radical (unpaired) electrons. The molecule has 0 fully saturated rings. The van der Waals surface area contributed by atoms with Crippen molar-refractivity contribution in [2.24, 2.45) is 0 Å². The molecule has 1 heterocycles. The van der Waals surface area contributed by atoms with Gasteiger partial charge in [0, 0.05) is 10.3 Å². The standard InChI is InChI=1S/C11H10ClNS2/c1-7-3-4-9(5-8(7)2)15-11-13-10(12)6-14-11/h3-6H,1-2H3. The highest BCUT2D eigenvalue weighted by Crippen LogP contribution is 2.32. The van der Waals surface area contributed by atoms with Gasteiger partial charge in [0.05, 0.1) is 0 Å². The first-order chi connectivity index (χ1) is 7.15. The fourth-order valence-electron chi connectivity index (χ4n) is 1.16. The van der Waals surface area contributed by atoms with Crippen LogP contribution in [0.2, 0.25) is 5.15 Å². The topological polar surface area (TPSA) is 12.9 Å². The van der Waals surface area contributed by atoms with Crippen molar-refractivity contribution in [3.05, 3.63) is 39.9 Å². The third-order valence-electron chi connectivity index (χ3n) is 2.14. The first-order valence-electron chi connectivity index (χ1n) is 4.51. The molecule has 4 heteroatoms. The maximum Gasteiger partial charge on any atom is 0.156 e. The number of aryl methyl sites for hydroxylation is 2. The zero-order chi connectivity index (χ0) is 10.8. The Morgan fingerprint density at radius 3 is 2.67 bits per heavy atom. The maximum absolute atomic E-state index is 5.77. The largest absolute Gasteiger partial charge is 0.218 e. The molecule has 0 bridgehead atoms. The third-order valence-corrected chi connectivity index (χ3v) is 4.39. The van der Waals surface area contributed by atoms with E-state index < -0.39 is 0 Å².